The summed E-state index contributed by atoms with van der Waals surface area (Å²) in [6.45, 7) is 1.55. The van der Waals surface area contributed by atoms with Crippen LogP contribution >= 0.6 is 0 Å². The van der Waals surface area contributed by atoms with E-state index >= 15 is 0 Å². The molecule has 2 aliphatic heterocycles. The number of methoxy groups -OCH3 is 1. The fourth-order valence-corrected chi connectivity index (χ4v) is 3.15. The molecule has 1 aromatic rings. The molecule has 20 heavy (non-hydrogen) atoms. The lowest BCUT2D eigenvalue weighted by molar-refractivity contribution is -0.123. The van der Waals surface area contributed by atoms with E-state index in [2.05, 4.69) is 25.5 Å². The van der Waals surface area contributed by atoms with Crippen molar-refractivity contribution in [3.63, 3.8) is 0 Å². The van der Waals surface area contributed by atoms with Crippen LogP contribution in [0.5, 0.6) is 5.75 Å². The maximum Gasteiger partial charge on any atom is 0.225 e. The summed E-state index contributed by atoms with van der Waals surface area (Å²) in [6, 6.07) is 0.157. The number of piperidine rings is 1. The Morgan fingerprint density at radius 3 is 3.10 bits per heavy atom. The first-order valence-corrected chi connectivity index (χ1v) is 6.87. The van der Waals surface area contributed by atoms with Gasteiger partial charge < -0.3 is 20.3 Å². The lowest BCUT2D eigenvalue weighted by Crippen LogP contribution is -2.46. The molecule has 1 amide bonds. The van der Waals surface area contributed by atoms with Crippen LogP contribution in [0.2, 0.25) is 0 Å². The Morgan fingerprint density at radius 1 is 1.50 bits per heavy atom. The lowest BCUT2D eigenvalue weighted by Gasteiger charge is -2.37. The van der Waals surface area contributed by atoms with E-state index in [0.717, 1.165) is 25.2 Å². The number of hydrogen-bond donors (Lipinski definition) is 2. The summed E-state index contributed by atoms with van der Waals surface area (Å²) in [6.07, 6.45) is 3.45. The molecule has 108 valence electrons. The van der Waals surface area contributed by atoms with Gasteiger partial charge in [-0.25, -0.2) is 9.97 Å². The van der Waals surface area contributed by atoms with Gasteiger partial charge in [-0.2, -0.15) is 0 Å². The molecule has 3 heterocycles. The summed E-state index contributed by atoms with van der Waals surface area (Å²) in [5.41, 5.74) is 0. The molecule has 2 unspecified atom stereocenters. The van der Waals surface area contributed by atoms with E-state index in [9.17, 15) is 4.79 Å². The first-order chi connectivity index (χ1) is 9.76. The molecule has 2 atom stereocenters. The van der Waals surface area contributed by atoms with Crippen LogP contribution in [0.15, 0.2) is 6.33 Å². The van der Waals surface area contributed by atoms with Crippen LogP contribution in [0.4, 0.5) is 11.6 Å². The van der Waals surface area contributed by atoms with Crippen molar-refractivity contribution >= 4 is 17.5 Å². The molecule has 2 aliphatic rings. The van der Waals surface area contributed by atoms with E-state index in [1.54, 1.807) is 14.2 Å². The highest BCUT2D eigenvalue weighted by Gasteiger charge is 2.42. The Bertz CT molecular complexity index is 521. The topological polar surface area (TPSA) is 79.4 Å². The summed E-state index contributed by atoms with van der Waals surface area (Å²) in [4.78, 5) is 22.6. The Balaban J connectivity index is 1.98. The molecule has 0 spiro atoms. The summed E-state index contributed by atoms with van der Waals surface area (Å²) in [7, 11) is 3.41. The number of nitrogens with zero attached hydrogens (tertiary/aromatic N) is 3. The highest BCUT2D eigenvalue weighted by molar-refractivity contribution is 5.83. The maximum atomic E-state index is 11.8. The molecule has 3 rings (SSSR count). The van der Waals surface area contributed by atoms with Crippen molar-refractivity contribution in [1.82, 2.24) is 15.3 Å². The van der Waals surface area contributed by atoms with Crippen LogP contribution in [0, 0.1) is 5.92 Å². The van der Waals surface area contributed by atoms with E-state index in [1.807, 2.05) is 0 Å². The average molecular weight is 277 g/mol. The monoisotopic (exact) mass is 277 g/mol. The second-order valence-electron chi connectivity index (χ2n) is 5.08. The van der Waals surface area contributed by atoms with E-state index in [-0.39, 0.29) is 17.9 Å². The molecule has 0 bridgehead atoms. The van der Waals surface area contributed by atoms with Crippen LogP contribution in [-0.2, 0) is 4.79 Å². The Labute approximate surface area is 117 Å². The van der Waals surface area contributed by atoms with Crippen LogP contribution < -0.4 is 20.3 Å². The van der Waals surface area contributed by atoms with Gasteiger partial charge in [0.15, 0.2) is 11.6 Å². The molecule has 7 heteroatoms. The second kappa shape index (κ2) is 5.15. The van der Waals surface area contributed by atoms with Crippen LogP contribution in [0.1, 0.15) is 12.8 Å². The SMILES string of the molecule is CNc1ncnc(N2CCCC3C(=O)NCC32)c1OC. The molecule has 0 radical (unpaired) electrons. The van der Waals surface area contributed by atoms with Crippen LogP contribution in [-0.4, -0.2) is 49.2 Å². The number of anilines is 2. The number of fused-ring (bicyclic) bond motifs is 1. The standard InChI is InChI=1S/C13H19N5O2/c1-14-11-10(20-2)12(17-7-16-11)18-5-3-4-8-9(18)6-15-13(8)19/h7-9H,3-6H2,1-2H3,(H,15,19)(H,14,16,17). The number of ether oxygens (including phenoxy) is 1. The lowest BCUT2D eigenvalue weighted by atomic mass is 9.91. The number of nitrogens with one attached hydrogen (secondary N) is 2. The number of carbonyl (C=O) groups excluding carboxylic acids is 1. The Kier molecular flexibility index (Phi) is 3.33. The third-order valence-corrected chi connectivity index (χ3v) is 4.10. The van der Waals surface area contributed by atoms with Crippen molar-refractivity contribution < 1.29 is 9.53 Å². The number of hydrogen-bond acceptors (Lipinski definition) is 6. The third-order valence-electron chi connectivity index (χ3n) is 4.10. The number of carbonyl (C=O) groups is 1. The van der Waals surface area contributed by atoms with Crippen molar-refractivity contribution in [3.05, 3.63) is 6.33 Å². The quantitative estimate of drug-likeness (QED) is 0.824. The highest BCUT2D eigenvalue weighted by atomic mass is 16.5. The van der Waals surface area contributed by atoms with Crippen molar-refractivity contribution in [3.8, 4) is 5.75 Å². The largest absolute Gasteiger partial charge is 0.490 e. The van der Waals surface area contributed by atoms with Crippen molar-refractivity contribution in [1.29, 1.82) is 0 Å². The van der Waals surface area contributed by atoms with Gasteiger partial charge in [0.2, 0.25) is 11.7 Å². The summed E-state index contributed by atoms with van der Waals surface area (Å²) in [5, 5.41) is 5.96. The molecular weight excluding hydrogens is 258 g/mol. The molecular formula is C13H19N5O2. The summed E-state index contributed by atoms with van der Waals surface area (Å²) >= 11 is 0. The van der Waals surface area contributed by atoms with Crippen LogP contribution in [0.25, 0.3) is 0 Å². The van der Waals surface area contributed by atoms with E-state index in [4.69, 9.17) is 4.74 Å². The predicted octanol–water partition coefficient (Wildman–Crippen LogP) is 0.242. The van der Waals surface area contributed by atoms with Gasteiger partial charge in [-0.1, -0.05) is 0 Å². The number of amides is 1. The normalized spacial score (nSPS) is 25.1. The minimum atomic E-state index is 0.0569. The van der Waals surface area contributed by atoms with Gasteiger partial charge in [0.1, 0.15) is 6.33 Å². The molecule has 0 aliphatic carbocycles. The van der Waals surface area contributed by atoms with Gasteiger partial charge in [-0.15, -0.1) is 0 Å². The van der Waals surface area contributed by atoms with Gasteiger partial charge in [0.25, 0.3) is 0 Å². The minimum absolute atomic E-state index is 0.0569. The molecule has 2 saturated heterocycles. The third kappa shape index (κ3) is 1.93. The Hall–Kier alpha value is -2.05. The van der Waals surface area contributed by atoms with Crippen molar-refractivity contribution in [2.75, 3.05) is 37.5 Å². The smallest absolute Gasteiger partial charge is 0.225 e. The molecule has 0 aromatic carbocycles. The summed E-state index contributed by atoms with van der Waals surface area (Å²) < 4.78 is 5.46. The zero-order valence-electron chi connectivity index (χ0n) is 11.7. The van der Waals surface area contributed by atoms with Gasteiger partial charge >= 0.3 is 0 Å². The van der Waals surface area contributed by atoms with Crippen molar-refractivity contribution in [2.45, 2.75) is 18.9 Å². The van der Waals surface area contributed by atoms with E-state index < -0.39 is 0 Å². The highest BCUT2D eigenvalue weighted by Crippen LogP contribution is 2.37. The minimum Gasteiger partial charge on any atom is -0.490 e. The van der Waals surface area contributed by atoms with Crippen LogP contribution in [0.3, 0.4) is 0 Å². The summed E-state index contributed by atoms with van der Waals surface area (Å²) in [5.74, 6) is 2.27. The van der Waals surface area contributed by atoms with Gasteiger partial charge in [-0.05, 0) is 12.8 Å². The molecule has 2 N–H and O–H groups in total. The molecule has 0 saturated carbocycles. The average Bonchev–Trinajstić information content (AvgIpc) is 2.88. The molecule has 7 nitrogen and oxygen atoms in total. The van der Waals surface area contributed by atoms with E-state index in [1.165, 1.54) is 6.33 Å². The van der Waals surface area contributed by atoms with Gasteiger partial charge in [-0.3, -0.25) is 4.79 Å². The van der Waals surface area contributed by atoms with Gasteiger partial charge in [0, 0.05) is 20.1 Å². The van der Waals surface area contributed by atoms with Gasteiger partial charge in [0.05, 0.1) is 19.1 Å². The second-order valence-corrected chi connectivity index (χ2v) is 5.08. The zero-order valence-corrected chi connectivity index (χ0v) is 11.7. The fourth-order valence-electron chi connectivity index (χ4n) is 3.15. The fraction of sp³-hybridized carbons (Fsp3) is 0.615. The predicted molar refractivity (Wildman–Crippen MR) is 75.0 cm³/mol. The molecule has 2 fully saturated rings. The molecule has 1 aromatic heterocycles. The Morgan fingerprint density at radius 2 is 2.35 bits per heavy atom. The van der Waals surface area contributed by atoms with Crippen molar-refractivity contribution in [2.24, 2.45) is 5.92 Å². The van der Waals surface area contributed by atoms with E-state index in [0.29, 0.717) is 18.1 Å². The first-order valence-electron chi connectivity index (χ1n) is 6.87. The number of aromatic nitrogens is 2. The maximum absolute atomic E-state index is 11.8. The number of rotatable bonds is 3. The zero-order chi connectivity index (χ0) is 14.1. The first kappa shape index (κ1) is 13.0.